The highest BCUT2D eigenvalue weighted by atomic mass is 16.6. The molecule has 1 amide bonds. The zero-order valence-electron chi connectivity index (χ0n) is 13.4. The van der Waals surface area contributed by atoms with Crippen LogP contribution in [0, 0.1) is 0 Å². The molecule has 1 aromatic carbocycles. The van der Waals surface area contributed by atoms with Crippen molar-refractivity contribution in [2.24, 2.45) is 0 Å². The average molecular weight is 328 g/mol. The Morgan fingerprint density at radius 1 is 1.21 bits per heavy atom. The number of nitrogens with zero attached hydrogens (tertiary/aromatic N) is 1. The van der Waals surface area contributed by atoms with Crippen molar-refractivity contribution in [1.29, 1.82) is 0 Å². The van der Waals surface area contributed by atoms with E-state index >= 15 is 0 Å². The van der Waals surface area contributed by atoms with Crippen LogP contribution in [0.2, 0.25) is 0 Å². The molecule has 0 saturated carbocycles. The normalized spacial score (nSPS) is 11.5. The third kappa shape index (κ3) is 5.08. The van der Waals surface area contributed by atoms with Gasteiger partial charge >= 0.3 is 12.1 Å². The standard InChI is InChI=1S/C18H20N2O4/c1-2-16(17(21)22)24-18(23)19-11-10-13-8-9-15(20-12-13)14-6-4-3-5-7-14/h3-9,12,16H,2,10-11H2,1H3,(H,19,23)(H,21,22). The lowest BCUT2D eigenvalue weighted by Crippen LogP contribution is -2.33. The molecule has 0 spiro atoms. The molecule has 24 heavy (non-hydrogen) atoms. The van der Waals surface area contributed by atoms with Crippen LogP contribution < -0.4 is 5.32 Å². The Balaban J connectivity index is 1.80. The number of hydrogen-bond donors (Lipinski definition) is 2. The minimum Gasteiger partial charge on any atom is -0.479 e. The highest BCUT2D eigenvalue weighted by Crippen LogP contribution is 2.16. The van der Waals surface area contributed by atoms with Gasteiger partial charge in [-0.25, -0.2) is 9.59 Å². The van der Waals surface area contributed by atoms with Gasteiger partial charge in [-0.2, -0.15) is 0 Å². The number of aromatic nitrogens is 1. The highest BCUT2D eigenvalue weighted by molar-refractivity contribution is 5.77. The van der Waals surface area contributed by atoms with E-state index in [9.17, 15) is 9.59 Å². The predicted molar refractivity (Wildman–Crippen MR) is 89.6 cm³/mol. The zero-order chi connectivity index (χ0) is 17.4. The summed E-state index contributed by atoms with van der Waals surface area (Å²) >= 11 is 0. The number of alkyl carbamates (subject to hydrolysis) is 1. The summed E-state index contributed by atoms with van der Waals surface area (Å²) in [6.07, 6.45) is 0.741. The van der Waals surface area contributed by atoms with Crippen LogP contribution in [0.3, 0.4) is 0 Å². The number of carbonyl (C=O) groups is 2. The molecule has 0 aliphatic rings. The predicted octanol–water partition coefficient (Wildman–Crippen LogP) is 2.88. The third-order valence-corrected chi connectivity index (χ3v) is 3.47. The average Bonchev–Trinajstić information content (AvgIpc) is 2.61. The number of hydrogen-bond acceptors (Lipinski definition) is 4. The number of pyridine rings is 1. The van der Waals surface area contributed by atoms with E-state index in [1.807, 2.05) is 42.5 Å². The monoisotopic (exact) mass is 328 g/mol. The Morgan fingerprint density at radius 2 is 1.96 bits per heavy atom. The van der Waals surface area contributed by atoms with Crippen molar-refractivity contribution in [3.63, 3.8) is 0 Å². The lowest BCUT2D eigenvalue weighted by molar-refractivity contribution is -0.146. The second-order valence-corrected chi connectivity index (χ2v) is 5.23. The molecule has 1 unspecified atom stereocenters. The second kappa shape index (κ2) is 8.67. The van der Waals surface area contributed by atoms with Gasteiger partial charge in [0.25, 0.3) is 0 Å². The summed E-state index contributed by atoms with van der Waals surface area (Å²) in [6, 6.07) is 13.7. The van der Waals surface area contributed by atoms with Crippen LogP contribution >= 0.6 is 0 Å². The van der Waals surface area contributed by atoms with Crippen LogP contribution in [0.15, 0.2) is 48.7 Å². The highest BCUT2D eigenvalue weighted by Gasteiger charge is 2.19. The summed E-state index contributed by atoms with van der Waals surface area (Å²) in [5.41, 5.74) is 2.91. The zero-order valence-corrected chi connectivity index (χ0v) is 13.4. The Bertz CT molecular complexity index is 671. The second-order valence-electron chi connectivity index (χ2n) is 5.23. The van der Waals surface area contributed by atoms with E-state index in [1.54, 1.807) is 13.1 Å². The number of rotatable bonds is 7. The number of ether oxygens (including phenoxy) is 1. The van der Waals surface area contributed by atoms with E-state index in [0.717, 1.165) is 16.8 Å². The molecule has 0 bridgehead atoms. The molecular formula is C18H20N2O4. The first-order valence-electron chi connectivity index (χ1n) is 7.77. The maximum Gasteiger partial charge on any atom is 0.407 e. The fraction of sp³-hybridized carbons (Fsp3) is 0.278. The Kier molecular flexibility index (Phi) is 6.31. The summed E-state index contributed by atoms with van der Waals surface area (Å²) < 4.78 is 4.81. The Morgan fingerprint density at radius 3 is 2.54 bits per heavy atom. The molecule has 0 aliphatic heterocycles. The smallest absolute Gasteiger partial charge is 0.407 e. The number of benzene rings is 1. The molecule has 0 aliphatic carbocycles. The van der Waals surface area contributed by atoms with Gasteiger partial charge in [0.05, 0.1) is 5.69 Å². The van der Waals surface area contributed by atoms with E-state index in [4.69, 9.17) is 9.84 Å². The Labute approximate surface area is 140 Å². The van der Waals surface area contributed by atoms with Crippen LogP contribution in [0.25, 0.3) is 11.3 Å². The van der Waals surface area contributed by atoms with Crippen LogP contribution in [0.1, 0.15) is 18.9 Å². The van der Waals surface area contributed by atoms with Crippen LogP contribution in [0.4, 0.5) is 4.79 Å². The van der Waals surface area contributed by atoms with Crippen molar-refractivity contribution >= 4 is 12.1 Å². The first kappa shape index (κ1) is 17.5. The van der Waals surface area contributed by atoms with Gasteiger partial charge < -0.3 is 15.2 Å². The van der Waals surface area contributed by atoms with Crippen molar-refractivity contribution in [2.45, 2.75) is 25.9 Å². The van der Waals surface area contributed by atoms with Gasteiger partial charge in [-0.1, -0.05) is 43.3 Å². The van der Waals surface area contributed by atoms with Crippen LogP contribution in [0.5, 0.6) is 0 Å². The molecule has 0 saturated heterocycles. The minimum atomic E-state index is -1.15. The van der Waals surface area contributed by atoms with Crippen molar-refractivity contribution in [2.75, 3.05) is 6.54 Å². The van der Waals surface area contributed by atoms with Gasteiger partial charge in [0.1, 0.15) is 0 Å². The molecule has 2 N–H and O–H groups in total. The van der Waals surface area contributed by atoms with Gasteiger partial charge in [-0.3, -0.25) is 4.98 Å². The van der Waals surface area contributed by atoms with Gasteiger partial charge in [-0.15, -0.1) is 0 Å². The number of carboxylic acid groups (broad SMARTS) is 1. The third-order valence-electron chi connectivity index (χ3n) is 3.47. The van der Waals surface area contributed by atoms with Crippen molar-refractivity contribution < 1.29 is 19.4 Å². The van der Waals surface area contributed by atoms with Crippen molar-refractivity contribution in [3.05, 3.63) is 54.2 Å². The summed E-state index contributed by atoms with van der Waals surface area (Å²) in [5.74, 6) is -1.15. The molecule has 0 fully saturated rings. The molecule has 2 rings (SSSR count). The number of amides is 1. The molecule has 1 atom stereocenters. The first-order chi connectivity index (χ1) is 11.6. The minimum absolute atomic E-state index is 0.230. The SMILES string of the molecule is CCC(OC(=O)NCCc1ccc(-c2ccccc2)nc1)C(=O)O. The lowest BCUT2D eigenvalue weighted by Gasteiger charge is -2.12. The number of aliphatic carboxylic acids is 1. The van der Waals surface area contributed by atoms with Gasteiger partial charge in [0.2, 0.25) is 0 Å². The maximum atomic E-state index is 11.5. The van der Waals surface area contributed by atoms with Gasteiger partial charge in [0, 0.05) is 18.3 Å². The van der Waals surface area contributed by atoms with E-state index in [-0.39, 0.29) is 6.42 Å². The molecule has 6 nitrogen and oxygen atoms in total. The van der Waals surface area contributed by atoms with E-state index in [1.165, 1.54) is 0 Å². The van der Waals surface area contributed by atoms with Gasteiger partial charge in [-0.05, 0) is 24.5 Å². The maximum absolute atomic E-state index is 11.5. The van der Waals surface area contributed by atoms with E-state index in [0.29, 0.717) is 13.0 Å². The largest absolute Gasteiger partial charge is 0.479 e. The molecule has 1 heterocycles. The summed E-state index contributed by atoms with van der Waals surface area (Å²) in [6.45, 7) is 1.99. The van der Waals surface area contributed by atoms with E-state index in [2.05, 4.69) is 10.3 Å². The fourth-order valence-electron chi connectivity index (χ4n) is 2.14. The quantitative estimate of drug-likeness (QED) is 0.816. The van der Waals surface area contributed by atoms with Crippen molar-refractivity contribution in [3.8, 4) is 11.3 Å². The molecule has 0 radical (unpaired) electrons. The van der Waals surface area contributed by atoms with Gasteiger partial charge in [0.15, 0.2) is 6.10 Å². The van der Waals surface area contributed by atoms with Crippen LogP contribution in [-0.4, -0.2) is 34.8 Å². The Hall–Kier alpha value is -2.89. The van der Waals surface area contributed by atoms with Crippen LogP contribution in [-0.2, 0) is 16.0 Å². The van der Waals surface area contributed by atoms with Crippen molar-refractivity contribution in [1.82, 2.24) is 10.3 Å². The number of carboxylic acids is 1. The molecule has 2 aromatic rings. The fourth-order valence-corrected chi connectivity index (χ4v) is 2.14. The lowest BCUT2D eigenvalue weighted by atomic mass is 10.1. The van der Waals surface area contributed by atoms with E-state index < -0.39 is 18.2 Å². The molecular weight excluding hydrogens is 308 g/mol. The molecule has 6 heteroatoms. The summed E-state index contributed by atoms with van der Waals surface area (Å²) in [4.78, 5) is 26.7. The summed E-state index contributed by atoms with van der Waals surface area (Å²) in [5, 5.41) is 11.4. The number of carbonyl (C=O) groups excluding carboxylic acids is 1. The first-order valence-corrected chi connectivity index (χ1v) is 7.77. The molecule has 126 valence electrons. The number of nitrogens with one attached hydrogen (secondary N) is 1. The summed E-state index contributed by atoms with van der Waals surface area (Å²) in [7, 11) is 0. The topological polar surface area (TPSA) is 88.5 Å². The molecule has 1 aromatic heterocycles.